The van der Waals surface area contributed by atoms with Crippen molar-refractivity contribution in [1.82, 2.24) is 10.3 Å². The molecule has 8 nitrogen and oxygen atoms in total. The first-order chi connectivity index (χ1) is 17.9. The third kappa shape index (κ3) is 6.57. The Balaban J connectivity index is 1.48. The predicted molar refractivity (Wildman–Crippen MR) is 139 cm³/mol. The maximum atomic E-state index is 12.8. The number of aromatic nitrogens is 1. The molecule has 0 radical (unpaired) electrons. The van der Waals surface area contributed by atoms with Crippen LogP contribution in [0.15, 0.2) is 59.0 Å². The Morgan fingerprint density at radius 1 is 1.11 bits per heavy atom. The van der Waals surface area contributed by atoms with Crippen LogP contribution in [0.5, 0.6) is 5.75 Å². The lowest BCUT2D eigenvalue weighted by Crippen LogP contribution is -2.47. The van der Waals surface area contributed by atoms with E-state index < -0.39 is 12.0 Å². The summed E-state index contributed by atoms with van der Waals surface area (Å²) in [6, 6.07) is 16.4. The van der Waals surface area contributed by atoms with Crippen LogP contribution < -0.4 is 10.1 Å². The summed E-state index contributed by atoms with van der Waals surface area (Å²) in [4.78, 5) is 29.1. The van der Waals surface area contributed by atoms with Crippen molar-refractivity contribution >= 4 is 11.9 Å². The zero-order valence-electron chi connectivity index (χ0n) is 21.5. The van der Waals surface area contributed by atoms with Crippen molar-refractivity contribution < 1.29 is 28.6 Å². The van der Waals surface area contributed by atoms with Crippen LogP contribution in [-0.2, 0) is 20.9 Å². The van der Waals surface area contributed by atoms with Crippen LogP contribution in [0.4, 0.5) is 0 Å². The number of carboxylic acid groups (broad SMARTS) is 1. The number of carbonyl (C=O) groups is 2. The number of nitrogens with one attached hydrogen (secondary N) is 1. The van der Waals surface area contributed by atoms with Gasteiger partial charge in [-0.3, -0.25) is 4.79 Å². The van der Waals surface area contributed by atoms with Gasteiger partial charge < -0.3 is 24.3 Å². The molecular formula is C29H34N2O6. The summed E-state index contributed by atoms with van der Waals surface area (Å²) in [6.07, 6.45) is 2.79. The minimum Gasteiger partial charge on any atom is -0.497 e. The number of benzene rings is 2. The molecule has 37 heavy (non-hydrogen) atoms. The Bertz CT molecular complexity index is 1210. The number of carboxylic acids is 1. The second-order valence-corrected chi connectivity index (χ2v) is 9.76. The van der Waals surface area contributed by atoms with Gasteiger partial charge in [0, 0.05) is 17.0 Å². The highest BCUT2D eigenvalue weighted by molar-refractivity contribution is 5.85. The minimum absolute atomic E-state index is 0.132. The zero-order chi connectivity index (χ0) is 26.4. The summed E-state index contributed by atoms with van der Waals surface area (Å²) in [5, 5.41) is 12.1. The minimum atomic E-state index is -1.02. The van der Waals surface area contributed by atoms with Crippen LogP contribution in [0.1, 0.15) is 45.2 Å². The number of hydrogen-bond acceptors (Lipinski definition) is 6. The van der Waals surface area contributed by atoms with E-state index >= 15 is 0 Å². The van der Waals surface area contributed by atoms with Gasteiger partial charge in [-0.2, -0.15) is 0 Å². The maximum Gasteiger partial charge on any atom is 0.326 e. The first-order valence-corrected chi connectivity index (χ1v) is 12.7. The number of aliphatic carboxylic acids is 1. The number of nitrogens with zero attached hydrogens (tertiary/aromatic N) is 1. The van der Waals surface area contributed by atoms with Gasteiger partial charge in [0.1, 0.15) is 17.5 Å². The monoisotopic (exact) mass is 506 g/mol. The summed E-state index contributed by atoms with van der Waals surface area (Å²) in [7, 11) is 1.62. The van der Waals surface area contributed by atoms with Gasteiger partial charge in [0.25, 0.3) is 0 Å². The maximum absolute atomic E-state index is 12.8. The van der Waals surface area contributed by atoms with Gasteiger partial charge >= 0.3 is 5.97 Å². The molecule has 0 aliphatic heterocycles. The Hall–Kier alpha value is -3.65. The lowest BCUT2D eigenvalue weighted by atomic mass is 9.86. The van der Waals surface area contributed by atoms with Crippen molar-refractivity contribution in [1.29, 1.82) is 0 Å². The molecule has 4 rings (SSSR count). The van der Waals surface area contributed by atoms with E-state index in [1.54, 1.807) is 21.0 Å². The number of methoxy groups -OCH3 is 1. The molecule has 2 aromatic carbocycles. The number of carbonyl (C=O) groups excluding carboxylic acids is 1. The summed E-state index contributed by atoms with van der Waals surface area (Å²) in [5.74, 6) is 0.121. The molecule has 3 atom stereocenters. The molecule has 1 amide bonds. The molecule has 1 fully saturated rings. The Morgan fingerprint density at radius 2 is 1.86 bits per heavy atom. The molecule has 196 valence electrons. The SMILES string of the molecule is COc1cccc(-c2nc(COC3CCCC(C(=O)N[C@H](C(=O)O)C(C)C)C3)c(-c3ccccc3)o2)c1. The fraction of sp³-hybridized carbons (Fsp3) is 0.414. The molecule has 1 saturated carbocycles. The number of rotatable bonds is 10. The molecule has 1 aromatic heterocycles. The molecule has 1 aliphatic rings. The van der Waals surface area contributed by atoms with E-state index in [0.29, 0.717) is 29.5 Å². The van der Waals surface area contributed by atoms with Gasteiger partial charge in [0.05, 0.1) is 19.8 Å². The van der Waals surface area contributed by atoms with E-state index in [9.17, 15) is 14.7 Å². The van der Waals surface area contributed by atoms with Crippen LogP contribution in [0, 0.1) is 11.8 Å². The van der Waals surface area contributed by atoms with E-state index in [0.717, 1.165) is 30.4 Å². The average Bonchev–Trinajstić information content (AvgIpc) is 3.35. The van der Waals surface area contributed by atoms with Crippen LogP contribution >= 0.6 is 0 Å². The fourth-order valence-electron chi connectivity index (χ4n) is 4.66. The molecular weight excluding hydrogens is 472 g/mol. The number of oxazole rings is 1. The van der Waals surface area contributed by atoms with Crippen molar-refractivity contribution in [3.8, 4) is 28.5 Å². The molecule has 2 N–H and O–H groups in total. The van der Waals surface area contributed by atoms with Crippen LogP contribution in [0.25, 0.3) is 22.8 Å². The van der Waals surface area contributed by atoms with Crippen molar-refractivity contribution in [3.05, 3.63) is 60.3 Å². The summed E-state index contributed by atoms with van der Waals surface area (Å²) in [5.41, 5.74) is 2.38. The van der Waals surface area contributed by atoms with Crippen molar-refractivity contribution in [2.24, 2.45) is 11.8 Å². The van der Waals surface area contributed by atoms with E-state index in [4.69, 9.17) is 18.9 Å². The van der Waals surface area contributed by atoms with Crippen molar-refractivity contribution in [2.45, 2.75) is 58.3 Å². The summed E-state index contributed by atoms with van der Waals surface area (Å²) >= 11 is 0. The first kappa shape index (κ1) is 26.4. The van der Waals surface area contributed by atoms with E-state index in [2.05, 4.69) is 5.32 Å². The summed E-state index contributed by atoms with van der Waals surface area (Å²) < 4.78 is 17.8. The predicted octanol–water partition coefficient (Wildman–Crippen LogP) is 5.32. The van der Waals surface area contributed by atoms with Gasteiger partial charge in [-0.1, -0.05) is 56.7 Å². The molecule has 1 heterocycles. The quantitative estimate of drug-likeness (QED) is 0.383. The molecule has 8 heteroatoms. The number of amides is 1. The third-order valence-corrected chi connectivity index (χ3v) is 6.73. The van der Waals surface area contributed by atoms with E-state index in [1.165, 1.54) is 0 Å². The average molecular weight is 507 g/mol. The van der Waals surface area contributed by atoms with Gasteiger partial charge in [-0.15, -0.1) is 0 Å². The van der Waals surface area contributed by atoms with E-state index in [1.807, 2.05) is 54.6 Å². The highest BCUT2D eigenvalue weighted by Gasteiger charge is 2.32. The van der Waals surface area contributed by atoms with Crippen LogP contribution in [0.3, 0.4) is 0 Å². The van der Waals surface area contributed by atoms with Crippen molar-refractivity contribution in [2.75, 3.05) is 7.11 Å². The normalized spacial score (nSPS) is 18.4. The second-order valence-electron chi connectivity index (χ2n) is 9.76. The molecule has 0 bridgehead atoms. The highest BCUT2D eigenvalue weighted by Crippen LogP contribution is 2.33. The van der Waals surface area contributed by atoms with Gasteiger partial charge in [0.2, 0.25) is 11.8 Å². The smallest absolute Gasteiger partial charge is 0.326 e. The second kappa shape index (κ2) is 12.1. The van der Waals surface area contributed by atoms with Gasteiger partial charge in [-0.05, 0) is 43.4 Å². The topological polar surface area (TPSA) is 111 Å². The fourth-order valence-corrected chi connectivity index (χ4v) is 4.66. The third-order valence-electron chi connectivity index (χ3n) is 6.73. The molecule has 0 saturated heterocycles. The number of hydrogen-bond donors (Lipinski definition) is 2. The lowest BCUT2D eigenvalue weighted by molar-refractivity contribution is -0.144. The van der Waals surface area contributed by atoms with Crippen LogP contribution in [-0.4, -0.2) is 41.2 Å². The first-order valence-electron chi connectivity index (χ1n) is 12.7. The van der Waals surface area contributed by atoms with Crippen LogP contribution in [0.2, 0.25) is 0 Å². The molecule has 1 aliphatic carbocycles. The van der Waals surface area contributed by atoms with E-state index in [-0.39, 0.29) is 30.5 Å². The Morgan fingerprint density at radius 3 is 2.57 bits per heavy atom. The standard InChI is InChI=1S/C29H34N2O6/c1-18(2)25(29(33)34)31-27(32)20-11-7-14-23(15-20)36-17-24-26(19-9-5-4-6-10-19)37-28(30-24)21-12-8-13-22(16-21)35-3/h4-6,8-10,12-13,16,18,20,23,25H,7,11,14-15,17H2,1-3H3,(H,31,32)(H,33,34)/t20?,23?,25-/m0/s1. The highest BCUT2D eigenvalue weighted by atomic mass is 16.5. The molecule has 2 unspecified atom stereocenters. The lowest BCUT2D eigenvalue weighted by Gasteiger charge is -2.29. The largest absolute Gasteiger partial charge is 0.497 e. The van der Waals surface area contributed by atoms with Gasteiger partial charge in [-0.25, -0.2) is 9.78 Å². The zero-order valence-corrected chi connectivity index (χ0v) is 21.5. The van der Waals surface area contributed by atoms with Gasteiger partial charge in [0.15, 0.2) is 5.76 Å². The molecule has 0 spiro atoms. The summed E-state index contributed by atoms with van der Waals surface area (Å²) in [6.45, 7) is 3.81. The Kier molecular flexibility index (Phi) is 8.61. The number of ether oxygens (including phenoxy) is 2. The van der Waals surface area contributed by atoms with Crippen molar-refractivity contribution in [3.63, 3.8) is 0 Å². The Labute approximate surface area is 217 Å². The molecule has 3 aromatic rings.